The average Bonchev–Trinajstić information content (AvgIpc) is 3.19. The van der Waals surface area contributed by atoms with Crippen molar-refractivity contribution in [3.05, 3.63) is 35.9 Å². The number of hydrogen-bond donors (Lipinski definition) is 4. The highest BCUT2D eigenvalue weighted by Gasteiger charge is 2.53. The topological polar surface area (TPSA) is 139 Å². The maximum Gasteiger partial charge on any atom is 0.354 e. The van der Waals surface area contributed by atoms with Crippen LogP contribution < -0.4 is 11.1 Å². The molecule has 1 unspecified atom stereocenters. The highest BCUT2D eigenvalue weighted by molar-refractivity contribution is 7.54. The van der Waals surface area contributed by atoms with E-state index in [2.05, 4.69) is 5.32 Å². The SMILES string of the molecule is NCCCCC[C@@H](OP(=O)(O)C1(NC(=O)CCc2ccccc2)CCCC1)C(=O)O. The van der Waals surface area contributed by atoms with Crippen molar-refractivity contribution in [2.24, 2.45) is 5.73 Å². The first-order valence-electron chi connectivity index (χ1n) is 10.6. The lowest BCUT2D eigenvalue weighted by molar-refractivity contribution is -0.146. The van der Waals surface area contributed by atoms with E-state index in [4.69, 9.17) is 10.3 Å². The summed E-state index contributed by atoms with van der Waals surface area (Å²) >= 11 is 0. The molecule has 5 N–H and O–H groups in total. The maximum atomic E-state index is 13.2. The molecule has 0 heterocycles. The Morgan fingerprint density at radius 2 is 1.83 bits per heavy atom. The largest absolute Gasteiger partial charge is 0.479 e. The van der Waals surface area contributed by atoms with Crippen LogP contribution in [0.1, 0.15) is 63.4 Å². The van der Waals surface area contributed by atoms with E-state index in [9.17, 15) is 24.2 Å². The Morgan fingerprint density at radius 3 is 2.43 bits per heavy atom. The van der Waals surface area contributed by atoms with Gasteiger partial charge in [-0.2, -0.15) is 0 Å². The van der Waals surface area contributed by atoms with Gasteiger partial charge < -0.3 is 21.1 Å². The monoisotopic (exact) mass is 440 g/mol. The Kier molecular flexibility index (Phi) is 9.49. The van der Waals surface area contributed by atoms with E-state index in [1.54, 1.807) is 0 Å². The number of benzene rings is 1. The molecule has 0 aromatic heterocycles. The van der Waals surface area contributed by atoms with Gasteiger partial charge in [0.1, 0.15) is 5.28 Å². The molecule has 0 bridgehead atoms. The standard InChI is InChI=1S/C21H33N2O6P/c22-16-8-2-5-11-18(20(25)26)29-30(27,28)21(14-6-7-15-21)23-19(24)13-12-17-9-3-1-4-10-17/h1,3-4,9-10,18H,2,5-8,11-16,22H2,(H,23,24)(H,25,26)(H,27,28)/t18-/m1/s1. The second-order valence-electron chi connectivity index (χ2n) is 7.86. The zero-order valence-electron chi connectivity index (χ0n) is 17.3. The second-order valence-corrected chi connectivity index (χ2v) is 9.97. The van der Waals surface area contributed by atoms with Crippen molar-refractivity contribution in [3.8, 4) is 0 Å². The molecule has 168 valence electrons. The number of carboxylic acid groups (broad SMARTS) is 1. The highest BCUT2D eigenvalue weighted by Crippen LogP contribution is 2.61. The molecule has 1 amide bonds. The minimum absolute atomic E-state index is 0.123. The molecule has 0 spiro atoms. The van der Waals surface area contributed by atoms with Crippen molar-refractivity contribution in [1.82, 2.24) is 5.32 Å². The van der Waals surface area contributed by atoms with E-state index in [-0.39, 0.29) is 31.6 Å². The van der Waals surface area contributed by atoms with E-state index in [0.717, 1.165) is 18.4 Å². The van der Waals surface area contributed by atoms with Crippen molar-refractivity contribution in [2.45, 2.75) is 75.6 Å². The number of aryl methyl sites for hydroxylation is 1. The van der Waals surface area contributed by atoms with Crippen molar-refractivity contribution < 1.29 is 28.7 Å². The first kappa shape index (κ1) is 24.5. The quantitative estimate of drug-likeness (QED) is 0.273. The summed E-state index contributed by atoms with van der Waals surface area (Å²) in [5.74, 6) is -1.62. The minimum Gasteiger partial charge on any atom is -0.479 e. The number of unbranched alkanes of at least 4 members (excludes halogenated alkanes) is 2. The van der Waals surface area contributed by atoms with Crippen LogP contribution >= 0.6 is 7.60 Å². The van der Waals surface area contributed by atoms with Crippen LogP contribution in [0.5, 0.6) is 0 Å². The van der Waals surface area contributed by atoms with Crippen LogP contribution in [0.2, 0.25) is 0 Å². The summed E-state index contributed by atoms with van der Waals surface area (Å²) in [4.78, 5) is 34.9. The zero-order chi connectivity index (χ0) is 22.0. The van der Waals surface area contributed by atoms with Gasteiger partial charge in [-0.15, -0.1) is 0 Å². The predicted molar refractivity (Wildman–Crippen MR) is 114 cm³/mol. The third-order valence-corrected chi connectivity index (χ3v) is 7.72. The van der Waals surface area contributed by atoms with Crippen molar-refractivity contribution >= 4 is 19.5 Å². The van der Waals surface area contributed by atoms with E-state index >= 15 is 0 Å². The summed E-state index contributed by atoms with van der Waals surface area (Å²) in [7, 11) is -4.42. The molecule has 30 heavy (non-hydrogen) atoms. The summed E-state index contributed by atoms with van der Waals surface area (Å²) in [6.45, 7) is 0.509. The van der Waals surface area contributed by atoms with Crippen LogP contribution in [-0.2, 0) is 25.1 Å². The molecular formula is C21H33N2O6P. The molecular weight excluding hydrogens is 407 g/mol. The second kappa shape index (κ2) is 11.6. The lowest BCUT2D eigenvalue weighted by atomic mass is 10.1. The summed E-state index contributed by atoms with van der Waals surface area (Å²) < 4.78 is 18.5. The summed E-state index contributed by atoms with van der Waals surface area (Å²) in [6, 6.07) is 9.51. The van der Waals surface area contributed by atoms with Crippen molar-refractivity contribution in [1.29, 1.82) is 0 Å². The Morgan fingerprint density at radius 1 is 1.17 bits per heavy atom. The molecule has 9 heteroatoms. The first-order valence-corrected chi connectivity index (χ1v) is 12.2. The number of nitrogens with one attached hydrogen (secondary N) is 1. The number of carboxylic acids is 1. The lowest BCUT2D eigenvalue weighted by Gasteiger charge is -2.35. The van der Waals surface area contributed by atoms with E-state index in [1.165, 1.54) is 0 Å². The number of hydrogen-bond acceptors (Lipinski definition) is 5. The third-order valence-electron chi connectivity index (χ3n) is 5.54. The van der Waals surface area contributed by atoms with Gasteiger partial charge in [0.2, 0.25) is 5.91 Å². The molecule has 1 aromatic carbocycles. The van der Waals surface area contributed by atoms with Crippen LogP contribution in [0.25, 0.3) is 0 Å². The number of nitrogens with two attached hydrogens (primary N) is 1. The number of amides is 1. The molecule has 1 aliphatic rings. The van der Waals surface area contributed by atoms with Gasteiger partial charge in [-0.25, -0.2) is 4.79 Å². The molecule has 2 rings (SSSR count). The smallest absolute Gasteiger partial charge is 0.354 e. The predicted octanol–water partition coefficient (Wildman–Crippen LogP) is 3.18. The molecule has 1 saturated carbocycles. The number of carbonyl (C=O) groups is 2. The molecule has 0 aliphatic heterocycles. The first-order chi connectivity index (χ1) is 14.3. The van der Waals surface area contributed by atoms with Crippen LogP contribution in [0, 0.1) is 0 Å². The third kappa shape index (κ3) is 6.91. The summed E-state index contributed by atoms with van der Waals surface area (Å²) in [5.41, 5.74) is 6.44. The Bertz CT molecular complexity index is 736. The fourth-order valence-corrected chi connectivity index (χ4v) is 5.70. The van der Waals surface area contributed by atoms with E-state index in [0.29, 0.717) is 32.2 Å². The van der Waals surface area contributed by atoms with Crippen molar-refractivity contribution in [2.75, 3.05) is 6.54 Å². The van der Waals surface area contributed by atoms with Crippen LogP contribution in [0.3, 0.4) is 0 Å². The molecule has 2 atom stereocenters. The lowest BCUT2D eigenvalue weighted by Crippen LogP contribution is -2.47. The molecule has 1 fully saturated rings. The van der Waals surface area contributed by atoms with Gasteiger partial charge in [0, 0.05) is 6.42 Å². The van der Waals surface area contributed by atoms with Gasteiger partial charge in [-0.1, -0.05) is 56.0 Å². The van der Waals surface area contributed by atoms with E-state index in [1.807, 2.05) is 30.3 Å². The molecule has 0 saturated heterocycles. The number of rotatable bonds is 13. The van der Waals surface area contributed by atoms with Crippen LogP contribution in [0.4, 0.5) is 0 Å². The van der Waals surface area contributed by atoms with Crippen LogP contribution in [0.15, 0.2) is 30.3 Å². The fourth-order valence-electron chi connectivity index (χ4n) is 3.81. The van der Waals surface area contributed by atoms with Gasteiger partial charge in [-0.05, 0) is 44.2 Å². The number of carbonyl (C=O) groups excluding carboxylic acids is 1. The zero-order valence-corrected chi connectivity index (χ0v) is 18.2. The molecule has 8 nitrogen and oxygen atoms in total. The Labute approximate surface area is 177 Å². The Balaban J connectivity index is 2.02. The van der Waals surface area contributed by atoms with Gasteiger partial charge in [0.05, 0.1) is 0 Å². The fraction of sp³-hybridized carbons (Fsp3) is 0.619. The normalized spacial score (nSPS) is 18.5. The van der Waals surface area contributed by atoms with Crippen LogP contribution in [-0.4, -0.2) is 39.8 Å². The summed E-state index contributed by atoms with van der Waals surface area (Å²) in [5, 5.41) is 10.8. The Hall–Kier alpha value is -1.73. The molecule has 0 radical (unpaired) electrons. The van der Waals surface area contributed by atoms with Gasteiger partial charge in [0.15, 0.2) is 6.10 Å². The maximum absolute atomic E-state index is 13.2. The highest BCUT2D eigenvalue weighted by atomic mass is 31.2. The number of aliphatic carboxylic acids is 1. The van der Waals surface area contributed by atoms with Gasteiger partial charge >= 0.3 is 13.6 Å². The average molecular weight is 440 g/mol. The summed E-state index contributed by atoms with van der Waals surface area (Å²) in [6.07, 6.45) is 3.34. The van der Waals surface area contributed by atoms with Gasteiger partial charge in [-0.3, -0.25) is 13.9 Å². The minimum atomic E-state index is -4.42. The van der Waals surface area contributed by atoms with Gasteiger partial charge in [0.25, 0.3) is 0 Å². The van der Waals surface area contributed by atoms with Crippen molar-refractivity contribution in [3.63, 3.8) is 0 Å². The van der Waals surface area contributed by atoms with E-state index < -0.39 is 24.9 Å². The molecule has 1 aliphatic carbocycles. The molecule has 1 aromatic rings.